The number of benzene rings is 3. The van der Waals surface area contributed by atoms with Crippen molar-refractivity contribution < 1.29 is 9.53 Å². The van der Waals surface area contributed by atoms with Crippen LogP contribution in [0.2, 0.25) is 0 Å². The molecule has 140 valence electrons. The molecule has 3 heteroatoms. The third-order valence-corrected chi connectivity index (χ3v) is 6.15. The van der Waals surface area contributed by atoms with E-state index in [0.29, 0.717) is 12.5 Å². The number of nitrogens with one attached hydrogen (secondary N) is 1. The number of carbonyl (C=O) groups excluding carboxylic acids is 1. The highest BCUT2D eigenvalue weighted by molar-refractivity contribution is 5.79. The lowest BCUT2D eigenvalue weighted by atomic mass is 9.75. The quantitative estimate of drug-likeness (QED) is 0.662. The van der Waals surface area contributed by atoms with Crippen LogP contribution in [0, 0.1) is 0 Å². The third-order valence-electron chi connectivity index (χ3n) is 6.15. The van der Waals surface area contributed by atoms with E-state index in [2.05, 4.69) is 78.1 Å². The van der Waals surface area contributed by atoms with Crippen LogP contribution < -0.4 is 5.32 Å². The van der Waals surface area contributed by atoms with E-state index in [9.17, 15) is 4.79 Å². The molecule has 0 radical (unpaired) electrons. The fourth-order valence-corrected chi connectivity index (χ4v) is 4.56. The van der Waals surface area contributed by atoms with Crippen molar-refractivity contribution in [3.8, 4) is 11.1 Å². The Labute approximate surface area is 165 Å². The zero-order valence-electron chi connectivity index (χ0n) is 15.7. The first-order valence-corrected chi connectivity index (χ1v) is 9.98. The molecule has 28 heavy (non-hydrogen) atoms. The summed E-state index contributed by atoms with van der Waals surface area (Å²) in [5.41, 5.74) is 6.26. The minimum absolute atomic E-state index is 0.101. The molecule has 0 aromatic heterocycles. The van der Waals surface area contributed by atoms with Gasteiger partial charge in [0.15, 0.2) is 0 Å². The normalized spacial score (nSPS) is 20.0. The SMILES string of the molecule is O=C(N[C@@H]1CCC1c1ccccc1)OCC1c2ccccc2-c2ccccc21. The summed E-state index contributed by atoms with van der Waals surface area (Å²) < 4.78 is 5.68. The Balaban J connectivity index is 1.25. The number of alkyl carbamates (subject to hydrolysis) is 1. The minimum atomic E-state index is -0.313. The molecule has 0 spiro atoms. The molecular formula is C25H23NO2. The van der Waals surface area contributed by atoms with Gasteiger partial charge in [0.25, 0.3) is 0 Å². The van der Waals surface area contributed by atoms with Crippen LogP contribution in [0.25, 0.3) is 11.1 Å². The van der Waals surface area contributed by atoms with E-state index in [-0.39, 0.29) is 18.1 Å². The molecule has 1 unspecified atom stereocenters. The molecule has 0 bridgehead atoms. The first-order chi connectivity index (χ1) is 13.8. The van der Waals surface area contributed by atoms with Crippen LogP contribution in [0.4, 0.5) is 4.79 Å². The van der Waals surface area contributed by atoms with Crippen molar-refractivity contribution in [1.29, 1.82) is 0 Å². The van der Waals surface area contributed by atoms with Gasteiger partial charge in [0, 0.05) is 17.9 Å². The maximum Gasteiger partial charge on any atom is 0.407 e. The van der Waals surface area contributed by atoms with E-state index < -0.39 is 0 Å². The van der Waals surface area contributed by atoms with Gasteiger partial charge in [0.1, 0.15) is 6.61 Å². The molecule has 1 fully saturated rings. The highest BCUT2D eigenvalue weighted by Gasteiger charge is 2.34. The molecule has 0 aliphatic heterocycles. The average molecular weight is 369 g/mol. The second-order valence-electron chi connectivity index (χ2n) is 7.67. The Morgan fingerprint density at radius 1 is 0.821 bits per heavy atom. The molecule has 2 aliphatic carbocycles. The van der Waals surface area contributed by atoms with Crippen molar-refractivity contribution in [2.45, 2.75) is 30.7 Å². The van der Waals surface area contributed by atoms with Crippen LogP contribution in [0.1, 0.15) is 41.4 Å². The number of carbonyl (C=O) groups is 1. The Kier molecular flexibility index (Phi) is 4.36. The predicted octanol–water partition coefficient (Wildman–Crippen LogP) is 5.47. The Bertz CT molecular complexity index is 953. The van der Waals surface area contributed by atoms with E-state index in [1.165, 1.54) is 27.8 Å². The largest absolute Gasteiger partial charge is 0.449 e. The average Bonchev–Trinajstić information content (AvgIpc) is 3.04. The maximum atomic E-state index is 12.5. The van der Waals surface area contributed by atoms with E-state index in [1.807, 2.05) is 6.07 Å². The fourth-order valence-electron chi connectivity index (χ4n) is 4.56. The second kappa shape index (κ2) is 7.16. The Morgan fingerprint density at radius 2 is 1.43 bits per heavy atom. The van der Waals surface area contributed by atoms with E-state index in [4.69, 9.17) is 4.74 Å². The first kappa shape index (κ1) is 17.1. The number of amides is 1. The van der Waals surface area contributed by atoms with Crippen molar-refractivity contribution in [3.63, 3.8) is 0 Å². The van der Waals surface area contributed by atoms with E-state index in [0.717, 1.165) is 12.8 Å². The molecule has 1 N–H and O–H groups in total. The lowest BCUT2D eigenvalue weighted by Gasteiger charge is -2.37. The molecule has 2 atom stereocenters. The molecule has 0 saturated heterocycles. The molecular weight excluding hydrogens is 346 g/mol. The monoisotopic (exact) mass is 369 g/mol. The molecule has 5 rings (SSSR count). The van der Waals surface area contributed by atoms with Gasteiger partial charge in [-0.05, 0) is 40.7 Å². The van der Waals surface area contributed by atoms with Crippen molar-refractivity contribution in [1.82, 2.24) is 5.32 Å². The smallest absolute Gasteiger partial charge is 0.407 e. The molecule has 3 aromatic rings. The second-order valence-corrected chi connectivity index (χ2v) is 7.67. The number of hydrogen-bond acceptors (Lipinski definition) is 2. The topological polar surface area (TPSA) is 38.3 Å². The van der Waals surface area contributed by atoms with Crippen LogP contribution >= 0.6 is 0 Å². The minimum Gasteiger partial charge on any atom is -0.449 e. The Morgan fingerprint density at radius 3 is 2.04 bits per heavy atom. The van der Waals surface area contributed by atoms with Crippen LogP contribution in [-0.4, -0.2) is 18.7 Å². The number of ether oxygens (including phenoxy) is 1. The van der Waals surface area contributed by atoms with Crippen LogP contribution in [0.15, 0.2) is 78.9 Å². The number of rotatable bonds is 4. The van der Waals surface area contributed by atoms with Crippen LogP contribution in [0.3, 0.4) is 0 Å². The first-order valence-electron chi connectivity index (χ1n) is 9.98. The molecule has 1 saturated carbocycles. The van der Waals surface area contributed by atoms with Crippen LogP contribution in [-0.2, 0) is 4.74 Å². The van der Waals surface area contributed by atoms with Gasteiger partial charge in [-0.2, -0.15) is 0 Å². The third kappa shape index (κ3) is 2.97. The standard InChI is InChI=1S/C25H23NO2/c27-25(26-24-15-14-18(24)17-8-2-1-3-9-17)28-16-23-21-12-6-4-10-19(21)20-11-5-7-13-22(20)23/h1-13,18,23-24H,14-16H2,(H,26,27)/t18?,24-/m1/s1. The number of fused-ring (bicyclic) bond motifs is 3. The van der Waals surface area contributed by atoms with Gasteiger partial charge in [0.05, 0.1) is 0 Å². The van der Waals surface area contributed by atoms with Crippen molar-refractivity contribution in [2.24, 2.45) is 0 Å². The molecule has 2 aliphatic rings. The summed E-state index contributed by atoms with van der Waals surface area (Å²) in [5, 5.41) is 3.08. The summed E-state index contributed by atoms with van der Waals surface area (Å²) in [6.45, 7) is 0.364. The summed E-state index contributed by atoms with van der Waals surface area (Å²) in [6.07, 6.45) is 1.80. The zero-order chi connectivity index (χ0) is 18.9. The lowest BCUT2D eigenvalue weighted by molar-refractivity contribution is 0.130. The van der Waals surface area contributed by atoms with Gasteiger partial charge in [-0.25, -0.2) is 4.79 Å². The summed E-state index contributed by atoms with van der Waals surface area (Å²) >= 11 is 0. The summed E-state index contributed by atoms with van der Waals surface area (Å²) in [7, 11) is 0. The van der Waals surface area contributed by atoms with Gasteiger partial charge < -0.3 is 10.1 Å². The molecule has 0 heterocycles. The summed E-state index contributed by atoms with van der Waals surface area (Å²) in [6, 6.07) is 27.4. The number of hydrogen-bond donors (Lipinski definition) is 1. The molecule has 3 nitrogen and oxygen atoms in total. The lowest BCUT2D eigenvalue weighted by Crippen LogP contribution is -2.45. The Hall–Kier alpha value is -3.07. The zero-order valence-corrected chi connectivity index (χ0v) is 15.7. The van der Waals surface area contributed by atoms with Gasteiger partial charge >= 0.3 is 6.09 Å². The molecule has 1 amide bonds. The van der Waals surface area contributed by atoms with Gasteiger partial charge in [-0.3, -0.25) is 0 Å². The van der Waals surface area contributed by atoms with Crippen molar-refractivity contribution in [2.75, 3.05) is 6.61 Å². The van der Waals surface area contributed by atoms with Gasteiger partial charge in [-0.1, -0.05) is 78.9 Å². The van der Waals surface area contributed by atoms with E-state index >= 15 is 0 Å². The maximum absolute atomic E-state index is 12.5. The molecule has 3 aromatic carbocycles. The van der Waals surface area contributed by atoms with Crippen molar-refractivity contribution in [3.05, 3.63) is 95.6 Å². The van der Waals surface area contributed by atoms with Crippen LogP contribution in [0.5, 0.6) is 0 Å². The summed E-state index contributed by atoms with van der Waals surface area (Å²) in [5.74, 6) is 0.492. The highest BCUT2D eigenvalue weighted by atomic mass is 16.5. The fraction of sp³-hybridized carbons (Fsp3) is 0.240. The highest BCUT2D eigenvalue weighted by Crippen LogP contribution is 2.44. The van der Waals surface area contributed by atoms with E-state index in [1.54, 1.807) is 0 Å². The van der Waals surface area contributed by atoms with Gasteiger partial charge in [-0.15, -0.1) is 0 Å². The van der Waals surface area contributed by atoms with Gasteiger partial charge in [0.2, 0.25) is 0 Å². The summed E-state index contributed by atoms with van der Waals surface area (Å²) in [4.78, 5) is 12.5. The predicted molar refractivity (Wildman–Crippen MR) is 110 cm³/mol. The van der Waals surface area contributed by atoms with Crippen molar-refractivity contribution >= 4 is 6.09 Å².